The fourth-order valence-corrected chi connectivity index (χ4v) is 4.81. The fraction of sp³-hybridized carbons (Fsp3) is 0.481. The van der Waals surface area contributed by atoms with Gasteiger partial charge in [-0.15, -0.1) is 0 Å². The molecule has 182 valence electrons. The molecule has 2 saturated heterocycles. The maximum absolute atomic E-state index is 13.1. The van der Waals surface area contributed by atoms with Crippen LogP contribution in [0.4, 0.5) is 4.39 Å². The van der Waals surface area contributed by atoms with Gasteiger partial charge >= 0.3 is 0 Å². The second-order valence-electron chi connectivity index (χ2n) is 9.44. The van der Waals surface area contributed by atoms with E-state index in [9.17, 15) is 14.0 Å². The van der Waals surface area contributed by atoms with Crippen LogP contribution in [0, 0.1) is 5.82 Å². The Morgan fingerprint density at radius 1 is 0.912 bits per heavy atom. The highest BCUT2D eigenvalue weighted by Gasteiger charge is 2.29. The SMILES string of the molecule is CC(C(=O)NC1CCN(Cc2ccccc2)CC1)N1CCN(C(=O)Cc2ccc(F)cc2)CC1. The Kier molecular flexibility index (Phi) is 8.29. The highest BCUT2D eigenvalue weighted by atomic mass is 19.1. The second-order valence-corrected chi connectivity index (χ2v) is 9.44. The van der Waals surface area contributed by atoms with Gasteiger partial charge in [0.1, 0.15) is 5.82 Å². The van der Waals surface area contributed by atoms with Crippen LogP contribution in [-0.2, 0) is 22.6 Å². The summed E-state index contributed by atoms with van der Waals surface area (Å²) < 4.78 is 13.1. The topological polar surface area (TPSA) is 55.9 Å². The number of hydrogen-bond acceptors (Lipinski definition) is 4. The molecule has 0 aromatic heterocycles. The highest BCUT2D eigenvalue weighted by molar-refractivity contribution is 5.82. The molecule has 2 aromatic carbocycles. The molecule has 1 N–H and O–H groups in total. The zero-order chi connectivity index (χ0) is 23.9. The zero-order valence-corrected chi connectivity index (χ0v) is 20.0. The van der Waals surface area contributed by atoms with Crippen LogP contribution in [0.1, 0.15) is 30.9 Å². The Balaban J connectivity index is 1.17. The van der Waals surface area contributed by atoms with Crippen LogP contribution < -0.4 is 5.32 Å². The maximum atomic E-state index is 13.1. The number of rotatable bonds is 7. The number of amides is 2. The van der Waals surface area contributed by atoms with Crippen LogP contribution >= 0.6 is 0 Å². The molecule has 6 nitrogen and oxygen atoms in total. The van der Waals surface area contributed by atoms with Crippen molar-refractivity contribution in [2.45, 2.75) is 44.8 Å². The lowest BCUT2D eigenvalue weighted by Gasteiger charge is -2.38. The molecule has 7 heteroatoms. The van der Waals surface area contributed by atoms with Crippen LogP contribution in [0.5, 0.6) is 0 Å². The summed E-state index contributed by atoms with van der Waals surface area (Å²) in [6.45, 7) is 7.47. The number of halogens is 1. The molecule has 2 amide bonds. The minimum absolute atomic E-state index is 0.0469. The van der Waals surface area contributed by atoms with Gasteiger partial charge in [0.2, 0.25) is 11.8 Å². The van der Waals surface area contributed by atoms with Crippen LogP contribution in [0.3, 0.4) is 0 Å². The van der Waals surface area contributed by atoms with Gasteiger partial charge in [-0.3, -0.25) is 19.4 Å². The molecule has 4 rings (SSSR count). The molecule has 0 aliphatic carbocycles. The Hall–Kier alpha value is -2.77. The molecule has 2 aliphatic heterocycles. The Morgan fingerprint density at radius 2 is 1.56 bits per heavy atom. The summed E-state index contributed by atoms with van der Waals surface area (Å²) in [5.74, 6) is -0.173. The Labute approximate surface area is 201 Å². The lowest BCUT2D eigenvalue weighted by molar-refractivity contribution is -0.133. The number of piperidine rings is 1. The normalized spacial score (nSPS) is 19.1. The summed E-state index contributed by atoms with van der Waals surface area (Å²) in [7, 11) is 0. The summed E-state index contributed by atoms with van der Waals surface area (Å²) >= 11 is 0. The third kappa shape index (κ3) is 6.64. The molecule has 1 atom stereocenters. The summed E-state index contributed by atoms with van der Waals surface area (Å²) in [5, 5.41) is 3.25. The van der Waals surface area contributed by atoms with Crippen molar-refractivity contribution < 1.29 is 14.0 Å². The van der Waals surface area contributed by atoms with E-state index in [1.54, 1.807) is 12.1 Å². The summed E-state index contributed by atoms with van der Waals surface area (Å²) in [6.07, 6.45) is 2.22. The third-order valence-corrected chi connectivity index (χ3v) is 7.05. The smallest absolute Gasteiger partial charge is 0.237 e. The second kappa shape index (κ2) is 11.6. The fourth-order valence-electron chi connectivity index (χ4n) is 4.81. The van der Waals surface area contributed by atoms with Crippen LogP contribution in [0.25, 0.3) is 0 Å². The predicted octanol–water partition coefficient (Wildman–Crippen LogP) is 2.68. The Morgan fingerprint density at radius 3 is 2.21 bits per heavy atom. The van der Waals surface area contributed by atoms with Crippen molar-refractivity contribution in [3.05, 3.63) is 71.5 Å². The molecular formula is C27H35FN4O2. The summed E-state index contributed by atoms with van der Waals surface area (Å²) in [5.41, 5.74) is 2.14. The molecule has 2 aliphatic rings. The number of nitrogens with zero attached hydrogens (tertiary/aromatic N) is 3. The van der Waals surface area contributed by atoms with Gasteiger partial charge in [0.05, 0.1) is 12.5 Å². The van der Waals surface area contributed by atoms with Crippen LogP contribution in [0.15, 0.2) is 54.6 Å². The van der Waals surface area contributed by atoms with Crippen molar-refractivity contribution in [3.63, 3.8) is 0 Å². The average molecular weight is 467 g/mol. The van der Waals surface area contributed by atoms with E-state index < -0.39 is 0 Å². The van der Waals surface area contributed by atoms with Crippen molar-refractivity contribution in [1.82, 2.24) is 20.0 Å². The predicted molar refractivity (Wildman–Crippen MR) is 131 cm³/mol. The molecule has 2 fully saturated rings. The van der Waals surface area contributed by atoms with Gasteiger partial charge in [0, 0.05) is 51.9 Å². The third-order valence-electron chi connectivity index (χ3n) is 7.05. The lowest BCUT2D eigenvalue weighted by atomic mass is 10.0. The molecule has 0 bridgehead atoms. The molecule has 1 unspecified atom stereocenters. The average Bonchev–Trinajstić information content (AvgIpc) is 2.87. The summed E-state index contributed by atoms with van der Waals surface area (Å²) in [4.78, 5) is 31.9. The molecule has 0 saturated carbocycles. The van der Waals surface area contributed by atoms with E-state index in [0.717, 1.165) is 38.0 Å². The van der Waals surface area contributed by atoms with E-state index in [0.29, 0.717) is 26.2 Å². The van der Waals surface area contributed by atoms with Crippen molar-refractivity contribution in [1.29, 1.82) is 0 Å². The van der Waals surface area contributed by atoms with Crippen molar-refractivity contribution in [3.8, 4) is 0 Å². The first-order valence-electron chi connectivity index (χ1n) is 12.3. The summed E-state index contributed by atoms with van der Waals surface area (Å²) in [6, 6.07) is 16.6. The van der Waals surface area contributed by atoms with E-state index in [1.807, 2.05) is 17.9 Å². The lowest BCUT2D eigenvalue weighted by Crippen LogP contribution is -2.56. The number of carbonyl (C=O) groups is 2. The van der Waals surface area contributed by atoms with Gasteiger partial charge < -0.3 is 10.2 Å². The van der Waals surface area contributed by atoms with Gasteiger partial charge in [-0.25, -0.2) is 4.39 Å². The molecule has 34 heavy (non-hydrogen) atoms. The maximum Gasteiger partial charge on any atom is 0.237 e. The first kappa shape index (κ1) is 24.4. The van der Waals surface area contributed by atoms with E-state index in [4.69, 9.17) is 0 Å². The van der Waals surface area contributed by atoms with Crippen molar-refractivity contribution >= 4 is 11.8 Å². The molecule has 0 spiro atoms. The van der Waals surface area contributed by atoms with Crippen LogP contribution in [0.2, 0.25) is 0 Å². The number of piperazine rings is 1. The molecule has 0 radical (unpaired) electrons. The quantitative estimate of drug-likeness (QED) is 0.682. The highest BCUT2D eigenvalue weighted by Crippen LogP contribution is 2.15. The minimum Gasteiger partial charge on any atom is -0.352 e. The van der Waals surface area contributed by atoms with Gasteiger partial charge in [-0.1, -0.05) is 42.5 Å². The number of nitrogens with one attached hydrogen (secondary N) is 1. The monoisotopic (exact) mass is 466 g/mol. The molecule has 2 aromatic rings. The van der Waals surface area contributed by atoms with Gasteiger partial charge in [-0.05, 0) is 43.0 Å². The van der Waals surface area contributed by atoms with Gasteiger partial charge in [0.25, 0.3) is 0 Å². The van der Waals surface area contributed by atoms with Crippen LogP contribution in [-0.4, -0.2) is 77.9 Å². The first-order valence-corrected chi connectivity index (χ1v) is 12.3. The van der Waals surface area contributed by atoms with E-state index in [-0.39, 0.29) is 36.1 Å². The number of benzene rings is 2. The van der Waals surface area contributed by atoms with Crippen molar-refractivity contribution in [2.24, 2.45) is 0 Å². The Bertz CT molecular complexity index is 937. The van der Waals surface area contributed by atoms with Gasteiger partial charge in [-0.2, -0.15) is 0 Å². The van der Waals surface area contributed by atoms with E-state index in [1.165, 1.54) is 17.7 Å². The number of hydrogen-bond donors (Lipinski definition) is 1. The van der Waals surface area contributed by atoms with E-state index >= 15 is 0 Å². The van der Waals surface area contributed by atoms with Crippen molar-refractivity contribution in [2.75, 3.05) is 39.3 Å². The first-order chi connectivity index (χ1) is 16.5. The van der Waals surface area contributed by atoms with E-state index in [2.05, 4.69) is 39.4 Å². The largest absolute Gasteiger partial charge is 0.352 e. The molecule has 2 heterocycles. The molecular weight excluding hydrogens is 431 g/mol. The minimum atomic E-state index is -0.296. The van der Waals surface area contributed by atoms with Gasteiger partial charge in [0.15, 0.2) is 0 Å². The number of carbonyl (C=O) groups excluding carboxylic acids is 2. The zero-order valence-electron chi connectivity index (χ0n) is 20.0. The number of likely N-dealkylation sites (tertiary alicyclic amines) is 1. The standard InChI is InChI=1S/C27H35FN4O2/c1-21(27(34)29-25-11-13-30(14-12-25)20-23-5-3-2-4-6-23)31-15-17-32(18-16-31)26(33)19-22-7-9-24(28)10-8-22/h2-10,21,25H,11-20H2,1H3,(H,29,34).